The lowest BCUT2D eigenvalue weighted by Gasteiger charge is -2.00. The molecule has 3 nitrogen and oxygen atoms in total. The van der Waals surface area contributed by atoms with Crippen molar-refractivity contribution in [3.63, 3.8) is 0 Å². The predicted octanol–water partition coefficient (Wildman–Crippen LogP) is 2.29. The summed E-state index contributed by atoms with van der Waals surface area (Å²) in [7, 11) is 0. The normalized spacial score (nSPS) is 10.9. The van der Waals surface area contributed by atoms with Gasteiger partial charge in [-0.1, -0.05) is 0 Å². The molecule has 0 bridgehead atoms. The number of H-pyrrole nitrogens is 1. The fraction of sp³-hybridized carbons (Fsp3) is 0.111. The van der Waals surface area contributed by atoms with Gasteiger partial charge in [-0.2, -0.15) is 0 Å². The van der Waals surface area contributed by atoms with Gasteiger partial charge in [-0.05, 0) is 22.0 Å². The van der Waals surface area contributed by atoms with Gasteiger partial charge in [0.2, 0.25) is 0 Å². The first kappa shape index (κ1) is 10.2. The summed E-state index contributed by atoms with van der Waals surface area (Å²) in [5, 5.41) is 0.223. The monoisotopic (exact) mass is 274 g/mol. The summed E-state index contributed by atoms with van der Waals surface area (Å²) in [4.78, 5) is 17.4. The highest BCUT2D eigenvalue weighted by molar-refractivity contribution is 9.10. The molecule has 0 aliphatic rings. The maximum absolute atomic E-state index is 13.1. The van der Waals surface area contributed by atoms with Gasteiger partial charge in [0.05, 0.1) is 15.4 Å². The van der Waals surface area contributed by atoms with Gasteiger partial charge in [-0.25, -0.2) is 13.8 Å². The van der Waals surface area contributed by atoms with Crippen molar-refractivity contribution in [3.8, 4) is 0 Å². The molecule has 1 heterocycles. The minimum absolute atomic E-state index is 0.103. The van der Waals surface area contributed by atoms with Crippen molar-refractivity contribution in [2.75, 3.05) is 0 Å². The molecule has 0 aliphatic heterocycles. The Bertz CT molecular complexity index is 582. The largest absolute Gasteiger partial charge is 0.308 e. The van der Waals surface area contributed by atoms with Gasteiger partial charge >= 0.3 is 0 Å². The molecule has 1 N–H and O–H groups in total. The van der Waals surface area contributed by atoms with E-state index in [-0.39, 0.29) is 21.2 Å². The molecule has 0 fully saturated rings. The Kier molecular flexibility index (Phi) is 2.52. The molecule has 0 saturated carbocycles. The van der Waals surface area contributed by atoms with Crippen LogP contribution in [-0.4, -0.2) is 9.97 Å². The summed E-state index contributed by atoms with van der Waals surface area (Å²) in [5.41, 5.74) is -0.333. The number of alkyl halides is 1. The first-order valence-electron chi connectivity index (χ1n) is 4.05. The Balaban J connectivity index is 2.86. The van der Waals surface area contributed by atoms with Crippen molar-refractivity contribution in [1.82, 2.24) is 9.97 Å². The van der Waals surface area contributed by atoms with Crippen molar-refractivity contribution in [1.29, 1.82) is 0 Å². The fourth-order valence-electron chi connectivity index (χ4n) is 1.25. The molecule has 2 aromatic rings. The molecule has 1 aromatic carbocycles. The second-order valence-electron chi connectivity index (χ2n) is 2.93. The van der Waals surface area contributed by atoms with Crippen molar-refractivity contribution < 1.29 is 8.78 Å². The van der Waals surface area contributed by atoms with Gasteiger partial charge in [0.15, 0.2) is 0 Å². The van der Waals surface area contributed by atoms with Crippen molar-refractivity contribution >= 4 is 26.8 Å². The Morgan fingerprint density at radius 1 is 1.47 bits per heavy atom. The fourth-order valence-corrected chi connectivity index (χ4v) is 1.59. The SMILES string of the molecule is O=c1[nH]c(CF)nc2cc(F)c(Br)cc12. The lowest BCUT2D eigenvalue weighted by molar-refractivity contribution is 0.465. The van der Waals surface area contributed by atoms with E-state index in [4.69, 9.17) is 0 Å². The Hall–Kier alpha value is -1.30. The third-order valence-electron chi connectivity index (χ3n) is 1.92. The van der Waals surface area contributed by atoms with Gasteiger partial charge in [-0.15, -0.1) is 0 Å². The zero-order chi connectivity index (χ0) is 11.0. The van der Waals surface area contributed by atoms with Crippen LogP contribution in [0.25, 0.3) is 10.9 Å². The van der Waals surface area contributed by atoms with Gasteiger partial charge in [0.25, 0.3) is 5.56 Å². The lowest BCUT2D eigenvalue weighted by Crippen LogP contribution is -2.11. The van der Waals surface area contributed by atoms with E-state index >= 15 is 0 Å². The molecule has 0 aliphatic carbocycles. The molecule has 0 atom stereocenters. The molecule has 0 amide bonds. The second kappa shape index (κ2) is 3.69. The molecular formula is C9H5BrF2N2O. The third-order valence-corrected chi connectivity index (χ3v) is 2.53. The minimum atomic E-state index is -0.886. The number of nitrogens with zero attached hydrogens (tertiary/aromatic N) is 1. The van der Waals surface area contributed by atoms with Crippen molar-refractivity contribution in [2.45, 2.75) is 6.67 Å². The van der Waals surface area contributed by atoms with Crippen LogP contribution in [0.4, 0.5) is 8.78 Å². The highest BCUT2D eigenvalue weighted by Crippen LogP contribution is 2.19. The van der Waals surface area contributed by atoms with E-state index in [0.29, 0.717) is 0 Å². The van der Waals surface area contributed by atoms with Crippen LogP contribution in [-0.2, 0) is 6.67 Å². The molecule has 15 heavy (non-hydrogen) atoms. The Morgan fingerprint density at radius 2 is 2.20 bits per heavy atom. The lowest BCUT2D eigenvalue weighted by atomic mass is 10.2. The minimum Gasteiger partial charge on any atom is -0.308 e. The molecule has 78 valence electrons. The average molecular weight is 275 g/mol. The number of rotatable bonds is 1. The average Bonchev–Trinajstić information content (AvgIpc) is 2.21. The number of hydrogen-bond acceptors (Lipinski definition) is 2. The van der Waals surface area contributed by atoms with E-state index in [2.05, 4.69) is 25.9 Å². The maximum atomic E-state index is 13.1. The zero-order valence-corrected chi connectivity index (χ0v) is 8.94. The van der Waals surface area contributed by atoms with Crippen LogP contribution < -0.4 is 5.56 Å². The molecule has 0 radical (unpaired) electrons. The highest BCUT2D eigenvalue weighted by atomic mass is 79.9. The molecule has 0 saturated heterocycles. The van der Waals surface area contributed by atoms with E-state index in [1.807, 2.05) is 0 Å². The summed E-state index contributed by atoms with van der Waals surface area (Å²) in [6.07, 6.45) is 0. The summed E-state index contributed by atoms with van der Waals surface area (Å²) in [6.45, 7) is -0.886. The van der Waals surface area contributed by atoms with Crippen molar-refractivity contribution in [3.05, 3.63) is 38.6 Å². The number of benzene rings is 1. The molecule has 0 spiro atoms. The van der Waals surface area contributed by atoms with E-state index in [1.54, 1.807) is 0 Å². The van der Waals surface area contributed by atoms with Gasteiger partial charge in [0, 0.05) is 6.07 Å². The maximum Gasteiger partial charge on any atom is 0.258 e. The number of aromatic nitrogens is 2. The van der Waals surface area contributed by atoms with Crippen LogP contribution in [0, 0.1) is 5.82 Å². The summed E-state index contributed by atoms with van der Waals surface area (Å²) in [6, 6.07) is 2.41. The van der Waals surface area contributed by atoms with Gasteiger partial charge in [-0.3, -0.25) is 4.79 Å². The summed E-state index contributed by atoms with van der Waals surface area (Å²) >= 11 is 2.96. The molecule has 0 unspecified atom stereocenters. The van der Waals surface area contributed by atoms with E-state index < -0.39 is 18.1 Å². The first-order chi connectivity index (χ1) is 7.11. The third kappa shape index (κ3) is 1.77. The number of halogens is 3. The molecule has 6 heteroatoms. The van der Waals surface area contributed by atoms with Crippen LogP contribution in [0.3, 0.4) is 0 Å². The Labute approximate surface area is 91.3 Å². The van der Waals surface area contributed by atoms with Gasteiger partial charge < -0.3 is 4.98 Å². The van der Waals surface area contributed by atoms with Crippen LogP contribution >= 0.6 is 15.9 Å². The quantitative estimate of drug-likeness (QED) is 0.867. The van der Waals surface area contributed by atoms with Crippen LogP contribution in [0.5, 0.6) is 0 Å². The molecule has 2 rings (SSSR count). The zero-order valence-electron chi connectivity index (χ0n) is 7.35. The first-order valence-corrected chi connectivity index (χ1v) is 4.85. The topological polar surface area (TPSA) is 45.8 Å². The molecule has 1 aromatic heterocycles. The highest BCUT2D eigenvalue weighted by Gasteiger charge is 2.07. The smallest absolute Gasteiger partial charge is 0.258 e. The van der Waals surface area contributed by atoms with Crippen LogP contribution in [0.2, 0.25) is 0 Å². The second-order valence-corrected chi connectivity index (χ2v) is 3.78. The van der Waals surface area contributed by atoms with E-state index in [0.717, 1.165) is 6.07 Å². The number of aromatic amines is 1. The Morgan fingerprint density at radius 3 is 2.87 bits per heavy atom. The number of hydrogen-bond donors (Lipinski definition) is 1. The molecular weight excluding hydrogens is 270 g/mol. The van der Waals surface area contributed by atoms with E-state index in [1.165, 1.54) is 6.07 Å². The number of fused-ring (bicyclic) bond motifs is 1. The predicted molar refractivity (Wildman–Crippen MR) is 54.8 cm³/mol. The van der Waals surface area contributed by atoms with Crippen molar-refractivity contribution in [2.24, 2.45) is 0 Å². The van der Waals surface area contributed by atoms with Crippen LogP contribution in [0.15, 0.2) is 21.4 Å². The van der Waals surface area contributed by atoms with E-state index in [9.17, 15) is 13.6 Å². The summed E-state index contributed by atoms with van der Waals surface area (Å²) in [5.74, 6) is -0.639. The van der Waals surface area contributed by atoms with Crippen LogP contribution in [0.1, 0.15) is 5.82 Å². The number of nitrogens with one attached hydrogen (secondary N) is 1. The summed E-state index contributed by atoms with van der Waals surface area (Å²) < 4.78 is 25.6. The standard InChI is InChI=1S/C9H5BrF2N2O/c10-5-1-4-7(2-6(5)12)13-8(3-11)14-9(4)15/h1-2H,3H2,(H,13,14,15). The van der Waals surface area contributed by atoms with Gasteiger partial charge in [0.1, 0.15) is 18.3 Å².